The van der Waals surface area contributed by atoms with Crippen LogP contribution in [0.1, 0.15) is 33.6 Å². The molecule has 0 saturated carbocycles. The van der Waals surface area contributed by atoms with Gasteiger partial charge in [-0.25, -0.2) is 4.98 Å². The van der Waals surface area contributed by atoms with Gasteiger partial charge in [-0.3, -0.25) is 9.69 Å². The zero-order valence-electron chi connectivity index (χ0n) is 18.4. The number of alkyl halides is 1. The maximum atomic E-state index is 12.3. The van der Waals surface area contributed by atoms with Crippen molar-refractivity contribution in [2.24, 2.45) is 0 Å². The maximum Gasteiger partial charge on any atom is 0.214 e. The molecule has 0 aliphatic heterocycles. The minimum Gasteiger partial charge on any atom is -0.387 e. The number of allylic oxidation sites excluding steroid dienone is 1. The van der Waals surface area contributed by atoms with Gasteiger partial charge in [0.1, 0.15) is 5.65 Å². The second-order valence-electron chi connectivity index (χ2n) is 7.36. The molecule has 2 atom stereocenters. The molecule has 3 N–H and O–H groups in total. The molecular weight excluding hydrogens is 402 g/mol. The van der Waals surface area contributed by atoms with Gasteiger partial charge in [-0.2, -0.15) is 0 Å². The summed E-state index contributed by atoms with van der Waals surface area (Å²) in [5, 5.41) is 14.7. The highest BCUT2D eigenvalue weighted by Gasteiger charge is 2.25. The number of carbonyl (C=O) groups is 1. The van der Waals surface area contributed by atoms with E-state index in [9.17, 15) is 9.90 Å². The minimum absolute atomic E-state index is 0.0566. The molecular formula is C22H34ClN5O2. The van der Waals surface area contributed by atoms with Crippen molar-refractivity contribution in [1.82, 2.24) is 14.9 Å². The molecule has 7 nitrogen and oxygen atoms in total. The quantitative estimate of drug-likeness (QED) is 0.254. The number of hydrogen-bond donors (Lipinski definition) is 3. The van der Waals surface area contributed by atoms with Crippen LogP contribution < -0.4 is 10.2 Å². The molecule has 30 heavy (non-hydrogen) atoms. The molecule has 0 aliphatic rings. The number of halogens is 1. The summed E-state index contributed by atoms with van der Waals surface area (Å²) in [6, 6.07) is 1.88. The number of amides is 1. The number of aromatic nitrogens is 2. The molecule has 0 aliphatic carbocycles. The van der Waals surface area contributed by atoms with Crippen molar-refractivity contribution in [3.63, 3.8) is 0 Å². The Labute approximate surface area is 184 Å². The highest BCUT2D eigenvalue weighted by Crippen LogP contribution is 2.34. The average molecular weight is 436 g/mol. The fourth-order valence-corrected chi connectivity index (χ4v) is 4.11. The normalized spacial score (nSPS) is 14.2. The number of hydrogen-bond acceptors (Lipinski definition) is 5. The van der Waals surface area contributed by atoms with E-state index in [-0.39, 0.29) is 6.04 Å². The Kier molecular flexibility index (Phi) is 9.62. The van der Waals surface area contributed by atoms with Crippen LogP contribution in [0.5, 0.6) is 0 Å². The monoisotopic (exact) mass is 435 g/mol. The summed E-state index contributed by atoms with van der Waals surface area (Å²) in [5.74, 6) is 0.309. The third kappa shape index (κ3) is 5.53. The lowest BCUT2D eigenvalue weighted by Crippen LogP contribution is -2.46. The van der Waals surface area contributed by atoms with Crippen LogP contribution in [0.15, 0.2) is 30.1 Å². The van der Waals surface area contributed by atoms with Crippen LogP contribution in [-0.4, -0.2) is 71.1 Å². The van der Waals surface area contributed by atoms with E-state index in [0.29, 0.717) is 19.0 Å². The fourth-order valence-electron chi connectivity index (χ4n) is 3.78. The summed E-state index contributed by atoms with van der Waals surface area (Å²) in [5.41, 5.74) is 3.18. The van der Waals surface area contributed by atoms with Gasteiger partial charge in [0.25, 0.3) is 0 Å². The largest absolute Gasteiger partial charge is 0.387 e. The lowest BCUT2D eigenvalue weighted by Gasteiger charge is -2.35. The van der Waals surface area contributed by atoms with E-state index in [2.05, 4.69) is 34.0 Å². The number of aliphatic hydroxyl groups excluding tert-OH is 1. The molecule has 0 fully saturated rings. The van der Waals surface area contributed by atoms with Crippen molar-refractivity contribution in [3.05, 3.63) is 30.1 Å². The smallest absolute Gasteiger partial charge is 0.214 e. The van der Waals surface area contributed by atoms with Crippen molar-refractivity contribution in [2.75, 3.05) is 42.8 Å². The van der Waals surface area contributed by atoms with E-state index in [1.165, 1.54) is 0 Å². The van der Waals surface area contributed by atoms with Gasteiger partial charge < -0.3 is 20.3 Å². The summed E-state index contributed by atoms with van der Waals surface area (Å²) in [6.45, 7) is 8.04. The molecule has 2 aromatic rings. The summed E-state index contributed by atoms with van der Waals surface area (Å²) in [7, 11) is 1.83. The van der Waals surface area contributed by atoms with Crippen LogP contribution in [0.3, 0.4) is 0 Å². The standard InChI is InChI=1S/C22H34ClN5O2/c1-5-10-27(14-20(30)16(6-2)11-23)13-17(7-3)28(15-29)21-18-8-9-25-22(18)26-12-19(21)24-4/h6,8-9,12,15,17,20,24,30H,5,7,10-11,13-14H2,1-4H3,(H,25,26)/b16-6+. The molecule has 2 unspecified atom stereocenters. The van der Waals surface area contributed by atoms with Crippen molar-refractivity contribution in [3.8, 4) is 0 Å². The fraction of sp³-hybridized carbons (Fsp3) is 0.545. The average Bonchev–Trinajstić information content (AvgIpc) is 3.23. The van der Waals surface area contributed by atoms with E-state index in [0.717, 1.165) is 53.8 Å². The lowest BCUT2D eigenvalue weighted by molar-refractivity contribution is -0.108. The van der Waals surface area contributed by atoms with Crippen LogP contribution in [0.4, 0.5) is 11.4 Å². The van der Waals surface area contributed by atoms with Gasteiger partial charge in [0, 0.05) is 43.6 Å². The van der Waals surface area contributed by atoms with E-state index < -0.39 is 6.10 Å². The van der Waals surface area contributed by atoms with Gasteiger partial charge in [-0.1, -0.05) is 19.9 Å². The number of nitrogens with zero attached hydrogens (tertiary/aromatic N) is 3. The van der Waals surface area contributed by atoms with Crippen molar-refractivity contribution < 1.29 is 9.90 Å². The number of carbonyl (C=O) groups excluding carboxylic acids is 1. The van der Waals surface area contributed by atoms with Crippen LogP contribution in [0.2, 0.25) is 0 Å². The second kappa shape index (κ2) is 11.9. The first kappa shape index (κ1) is 24.2. The van der Waals surface area contributed by atoms with Gasteiger partial charge in [-0.05, 0) is 37.9 Å². The zero-order valence-corrected chi connectivity index (χ0v) is 19.1. The van der Waals surface area contributed by atoms with E-state index in [1.54, 1.807) is 11.1 Å². The summed E-state index contributed by atoms with van der Waals surface area (Å²) in [4.78, 5) is 23.8. The minimum atomic E-state index is -0.619. The van der Waals surface area contributed by atoms with Crippen LogP contribution >= 0.6 is 11.6 Å². The lowest BCUT2D eigenvalue weighted by atomic mass is 10.1. The molecule has 2 rings (SSSR count). The number of nitrogens with one attached hydrogen (secondary N) is 2. The van der Waals surface area contributed by atoms with Gasteiger partial charge in [-0.15, -0.1) is 11.6 Å². The van der Waals surface area contributed by atoms with Gasteiger partial charge in [0.05, 0.1) is 23.7 Å². The van der Waals surface area contributed by atoms with Gasteiger partial charge in [0.15, 0.2) is 0 Å². The molecule has 166 valence electrons. The Morgan fingerprint density at radius 3 is 2.73 bits per heavy atom. The summed E-state index contributed by atoms with van der Waals surface area (Å²) >= 11 is 5.97. The molecule has 0 saturated heterocycles. The molecule has 2 aromatic heterocycles. The molecule has 0 spiro atoms. The summed E-state index contributed by atoms with van der Waals surface area (Å²) < 4.78 is 0. The number of fused-ring (bicyclic) bond motifs is 1. The maximum absolute atomic E-state index is 12.3. The van der Waals surface area contributed by atoms with E-state index in [4.69, 9.17) is 11.6 Å². The topological polar surface area (TPSA) is 84.5 Å². The van der Waals surface area contributed by atoms with Crippen molar-refractivity contribution >= 4 is 40.4 Å². The predicted molar refractivity (Wildman–Crippen MR) is 125 cm³/mol. The Morgan fingerprint density at radius 2 is 2.17 bits per heavy atom. The van der Waals surface area contributed by atoms with Gasteiger partial charge >= 0.3 is 0 Å². The molecule has 0 bridgehead atoms. The van der Waals surface area contributed by atoms with Crippen LogP contribution in [0.25, 0.3) is 11.0 Å². The first-order valence-electron chi connectivity index (χ1n) is 10.5. The summed E-state index contributed by atoms with van der Waals surface area (Å²) in [6.07, 6.45) is 7.45. The SMILES string of the molecule is C/C=C(\CCl)C(O)CN(CCC)CC(CC)N(C=O)c1c(NC)cnc2[nH]ccc12. The number of pyridine rings is 1. The third-order valence-corrected chi connectivity index (χ3v) is 5.77. The highest BCUT2D eigenvalue weighted by molar-refractivity contribution is 6.19. The number of aliphatic hydroxyl groups is 1. The highest BCUT2D eigenvalue weighted by atomic mass is 35.5. The Bertz CT molecular complexity index is 838. The van der Waals surface area contributed by atoms with Crippen LogP contribution in [0, 0.1) is 0 Å². The Morgan fingerprint density at radius 1 is 1.40 bits per heavy atom. The molecule has 0 aromatic carbocycles. The molecule has 8 heteroatoms. The molecule has 1 amide bonds. The number of H-pyrrole nitrogens is 1. The number of anilines is 2. The number of rotatable bonds is 13. The van der Waals surface area contributed by atoms with Gasteiger partial charge in [0.2, 0.25) is 6.41 Å². The first-order valence-corrected chi connectivity index (χ1v) is 11.1. The Balaban J connectivity index is 2.33. The van der Waals surface area contributed by atoms with E-state index >= 15 is 0 Å². The van der Waals surface area contributed by atoms with Crippen molar-refractivity contribution in [2.45, 2.75) is 45.8 Å². The number of aromatic amines is 1. The van der Waals surface area contributed by atoms with E-state index in [1.807, 2.05) is 32.3 Å². The predicted octanol–water partition coefficient (Wildman–Crippen LogP) is 3.60. The van der Waals surface area contributed by atoms with Crippen molar-refractivity contribution in [1.29, 1.82) is 0 Å². The molecule has 0 radical (unpaired) electrons. The molecule has 2 heterocycles. The first-order chi connectivity index (χ1) is 14.5. The zero-order chi connectivity index (χ0) is 22.1. The second-order valence-corrected chi connectivity index (χ2v) is 7.63. The third-order valence-electron chi connectivity index (χ3n) is 5.46. The Hall–Kier alpha value is -2.09. The van der Waals surface area contributed by atoms with Crippen LogP contribution in [-0.2, 0) is 4.79 Å².